The van der Waals surface area contributed by atoms with Gasteiger partial charge in [-0.15, -0.1) is 0 Å². The van der Waals surface area contributed by atoms with Crippen LogP contribution in [0.1, 0.15) is 43.8 Å². The zero-order chi connectivity index (χ0) is 26.4. The summed E-state index contributed by atoms with van der Waals surface area (Å²) in [4.78, 5) is 29.3. The predicted octanol–water partition coefficient (Wildman–Crippen LogP) is 4.23. The van der Waals surface area contributed by atoms with Gasteiger partial charge in [-0.2, -0.15) is 0 Å². The Balaban J connectivity index is 1.54. The smallest absolute Gasteiger partial charge is 0.335 e. The number of carboxylic acids is 1. The van der Waals surface area contributed by atoms with Crippen LogP contribution in [0.4, 0.5) is 11.4 Å². The van der Waals surface area contributed by atoms with E-state index in [1.165, 1.54) is 12.1 Å². The number of anilines is 2. The lowest BCUT2D eigenvalue weighted by Gasteiger charge is -2.23. The van der Waals surface area contributed by atoms with E-state index in [1.807, 2.05) is 24.3 Å². The van der Waals surface area contributed by atoms with Gasteiger partial charge in [0.05, 0.1) is 5.56 Å². The Morgan fingerprint density at radius 1 is 0.919 bits per heavy atom. The molecule has 0 aliphatic carbocycles. The normalized spacial score (nSPS) is 14.4. The molecule has 3 aromatic rings. The standard InChI is InChI=1S/C29H31N5O3/c1-33-14-3-15-34(17-16-33)25-12-10-22(11-13-25)28(35)32-26-19-24(29(36)37)9-8-21(26)7-6-20-4-2-5-23(18-20)27(30)31/h2,4-13,18-19H,3,14-17H2,1H3,(H3,30,31)(H,32,35)(H,36,37)/b7-6+. The van der Waals surface area contributed by atoms with E-state index in [0.29, 0.717) is 22.4 Å². The van der Waals surface area contributed by atoms with Gasteiger partial charge in [-0.05, 0) is 73.6 Å². The number of carboxylic acid groups (broad SMARTS) is 1. The molecular formula is C29H31N5O3. The van der Waals surface area contributed by atoms with Crippen molar-refractivity contribution >= 4 is 41.2 Å². The zero-order valence-electron chi connectivity index (χ0n) is 20.8. The average Bonchev–Trinajstić information content (AvgIpc) is 3.12. The SMILES string of the molecule is CN1CCCN(c2ccc(C(=O)Nc3cc(C(=O)O)ccc3/C=C/c3cccc(C(=N)N)c3)cc2)CC1. The second-order valence-corrected chi connectivity index (χ2v) is 9.12. The number of rotatable bonds is 7. The Kier molecular flexibility index (Phi) is 8.00. The molecule has 1 saturated heterocycles. The second kappa shape index (κ2) is 11.5. The quantitative estimate of drug-likeness (QED) is 0.220. The van der Waals surface area contributed by atoms with Crippen molar-refractivity contribution in [3.05, 3.63) is 94.5 Å². The number of amidine groups is 1. The molecule has 1 fully saturated rings. The highest BCUT2D eigenvalue weighted by atomic mass is 16.4. The topological polar surface area (TPSA) is 123 Å². The molecule has 0 aromatic heterocycles. The van der Waals surface area contributed by atoms with Gasteiger partial charge in [0.25, 0.3) is 5.91 Å². The Bertz CT molecular complexity index is 1330. The second-order valence-electron chi connectivity index (χ2n) is 9.12. The van der Waals surface area contributed by atoms with Gasteiger partial charge in [-0.25, -0.2) is 4.79 Å². The molecule has 37 heavy (non-hydrogen) atoms. The summed E-state index contributed by atoms with van der Waals surface area (Å²) >= 11 is 0. The molecule has 8 nitrogen and oxygen atoms in total. The Hall–Kier alpha value is -4.43. The first-order valence-corrected chi connectivity index (χ1v) is 12.1. The lowest BCUT2D eigenvalue weighted by molar-refractivity contribution is 0.0696. The molecule has 1 heterocycles. The third-order valence-corrected chi connectivity index (χ3v) is 6.42. The number of nitrogen functional groups attached to an aromatic ring is 1. The van der Waals surface area contributed by atoms with Gasteiger partial charge in [0.15, 0.2) is 0 Å². The maximum absolute atomic E-state index is 13.1. The van der Waals surface area contributed by atoms with Crippen LogP contribution in [0.2, 0.25) is 0 Å². The summed E-state index contributed by atoms with van der Waals surface area (Å²) < 4.78 is 0. The minimum atomic E-state index is -1.08. The van der Waals surface area contributed by atoms with Gasteiger partial charge in [0, 0.05) is 42.1 Å². The highest BCUT2D eigenvalue weighted by Crippen LogP contribution is 2.23. The lowest BCUT2D eigenvalue weighted by atomic mass is 10.0. The van der Waals surface area contributed by atoms with Crippen LogP contribution in [0.5, 0.6) is 0 Å². The summed E-state index contributed by atoms with van der Waals surface area (Å²) in [5.74, 6) is -1.42. The molecular weight excluding hydrogens is 466 g/mol. The van der Waals surface area contributed by atoms with Crippen LogP contribution in [-0.2, 0) is 0 Å². The van der Waals surface area contributed by atoms with Gasteiger partial charge in [-0.1, -0.05) is 36.4 Å². The van der Waals surface area contributed by atoms with Crippen LogP contribution >= 0.6 is 0 Å². The monoisotopic (exact) mass is 497 g/mol. The van der Waals surface area contributed by atoms with E-state index in [4.69, 9.17) is 11.1 Å². The first-order valence-electron chi connectivity index (χ1n) is 12.1. The molecule has 0 atom stereocenters. The number of hydrogen-bond donors (Lipinski definition) is 4. The number of nitrogens with zero attached hydrogens (tertiary/aromatic N) is 2. The lowest BCUT2D eigenvalue weighted by Crippen LogP contribution is -2.28. The van der Waals surface area contributed by atoms with E-state index in [1.54, 1.807) is 42.5 Å². The van der Waals surface area contributed by atoms with Crippen LogP contribution in [0.25, 0.3) is 12.2 Å². The molecule has 0 saturated carbocycles. The molecule has 0 unspecified atom stereocenters. The van der Waals surface area contributed by atoms with Gasteiger partial charge in [-0.3, -0.25) is 10.2 Å². The largest absolute Gasteiger partial charge is 0.478 e. The van der Waals surface area contributed by atoms with E-state index in [0.717, 1.165) is 43.9 Å². The minimum Gasteiger partial charge on any atom is -0.478 e. The van der Waals surface area contributed by atoms with E-state index < -0.39 is 5.97 Å². The number of nitrogens with two attached hydrogens (primary N) is 1. The van der Waals surface area contributed by atoms with Crippen LogP contribution in [0.3, 0.4) is 0 Å². The Morgan fingerprint density at radius 3 is 2.41 bits per heavy atom. The number of aromatic carboxylic acids is 1. The molecule has 190 valence electrons. The van der Waals surface area contributed by atoms with Crippen molar-refractivity contribution in [2.45, 2.75) is 6.42 Å². The number of nitrogens with one attached hydrogen (secondary N) is 2. The average molecular weight is 498 g/mol. The Morgan fingerprint density at radius 2 is 1.68 bits per heavy atom. The molecule has 1 aliphatic rings. The first-order chi connectivity index (χ1) is 17.8. The van der Waals surface area contributed by atoms with E-state index >= 15 is 0 Å². The number of benzene rings is 3. The molecule has 8 heteroatoms. The van der Waals surface area contributed by atoms with Crippen LogP contribution < -0.4 is 16.0 Å². The maximum atomic E-state index is 13.1. The molecule has 1 aliphatic heterocycles. The number of amides is 1. The third-order valence-electron chi connectivity index (χ3n) is 6.42. The van der Waals surface area contributed by atoms with Gasteiger partial charge < -0.3 is 26.0 Å². The van der Waals surface area contributed by atoms with E-state index in [2.05, 4.69) is 22.2 Å². The molecule has 0 radical (unpaired) electrons. The van der Waals surface area contributed by atoms with Gasteiger partial charge in [0.1, 0.15) is 5.84 Å². The Labute approximate surface area is 216 Å². The minimum absolute atomic E-state index is 0.0248. The number of carbonyl (C=O) groups is 2. The maximum Gasteiger partial charge on any atom is 0.335 e. The number of hydrogen-bond acceptors (Lipinski definition) is 5. The van der Waals surface area contributed by atoms with Gasteiger partial charge in [0.2, 0.25) is 0 Å². The summed E-state index contributed by atoms with van der Waals surface area (Å²) in [6.07, 6.45) is 4.71. The number of carbonyl (C=O) groups excluding carboxylic acids is 1. The fourth-order valence-corrected chi connectivity index (χ4v) is 4.26. The molecule has 0 spiro atoms. The summed E-state index contributed by atoms with van der Waals surface area (Å²) in [5.41, 5.74) is 9.70. The summed E-state index contributed by atoms with van der Waals surface area (Å²) in [5, 5.41) is 20.0. The van der Waals surface area contributed by atoms with E-state index in [9.17, 15) is 14.7 Å². The molecule has 5 N–H and O–H groups in total. The fraction of sp³-hybridized carbons (Fsp3) is 0.207. The van der Waals surface area contributed by atoms with Crippen LogP contribution in [0, 0.1) is 5.41 Å². The first kappa shape index (κ1) is 25.7. The van der Waals surface area contributed by atoms with Crippen molar-refractivity contribution < 1.29 is 14.7 Å². The summed E-state index contributed by atoms with van der Waals surface area (Å²) in [7, 11) is 2.13. The summed E-state index contributed by atoms with van der Waals surface area (Å²) in [6, 6.07) is 19.3. The zero-order valence-corrected chi connectivity index (χ0v) is 20.8. The highest BCUT2D eigenvalue weighted by Gasteiger charge is 2.15. The highest BCUT2D eigenvalue weighted by molar-refractivity contribution is 6.06. The molecule has 1 amide bonds. The molecule has 0 bridgehead atoms. The van der Waals surface area contributed by atoms with E-state index in [-0.39, 0.29) is 17.3 Å². The van der Waals surface area contributed by atoms with Gasteiger partial charge >= 0.3 is 5.97 Å². The van der Waals surface area contributed by atoms with Crippen molar-refractivity contribution in [1.29, 1.82) is 5.41 Å². The number of likely N-dealkylation sites (N-methyl/N-ethyl adjacent to an activating group) is 1. The third kappa shape index (κ3) is 6.62. The van der Waals surface area contributed by atoms with Crippen molar-refractivity contribution in [3.63, 3.8) is 0 Å². The predicted molar refractivity (Wildman–Crippen MR) is 149 cm³/mol. The van der Waals surface area contributed by atoms with Crippen molar-refractivity contribution in [1.82, 2.24) is 4.90 Å². The fourth-order valence-electron chi connectivity index (χ4n) is 4.26. The van der Waals surface area contributed by atoms with Crippen LogP contribution in [-0.4, -0.2) is 60.9 Å². The molecule has 3 aromatic carbocycles. The van der Waals surface area contributed by atoms with Crippen LogP contribution in [0.15, 0.2) is 66.7 Å². The van der Waals surface area contributed by atoms with Crippen molar-refractivity contribution in [2.75, 3.05) is 43.4 Å². The summed E-state index contributed by atoms with van der Waals surface area (Å²) in [6.45, 7) is 3.99. The molecule has 4 rings (SSSR count). The van der Waals surface area contributed by atoms with Crippen molar-refractivity contribution in [3.8, 4) is 0 Å². The van der Waals surface area contributed by atoms with Crippen molar-refractivity contribution in [2.24, 2.45) is 5.73 Å².